The first-order valence-corrected chi connectivity index (χ1v) is 8.07. The number of hydrogen-bond acceptors (Lipinski definition) is 7. The van der Waals surface area contributed by atoms with Crippen LogP contribution in [-0.2, 0) is 29.2 Å². The molecule has 0 saturated heterocycles. The fourth-order valence-electron chi connectivity index (χ4n) is 1.25. The van der Waals surface area contributed by atoms with Crippen molar-refractivity contribution in [1.29, 1.82) is 0 Å². The van der Waals surface area contributed by atoms with Gasteiger partial charge in [-0.05, 0) is 12.8 Å². The molecule has 21 heavy (non-hydrogen) atoms. The van der Waals surface area contributed by atoms with Gasteiger partial charge in [0.2, 0.25) is 0 Å². The summed E-state index contributed by atoms with van der Waals surface area (Å²) in [4.78, 5) is 22.9. The van der Waals surface area contributed by atoms with Crippen molar-refractivity contribution in [3.05, 3.63) is 0 Å². The van der Waals surface area contributed by atoms with Crippen LogP contribution in [-0.4, -0.2) is 43.4 Å². The average Bonchev–Trinajstić information content (AvgIpc) is 2.35. The molecule has 1 unspecified atom stereocenters. The quantitative estimate of drug-likeness (QED) is 0.194. The molecular formula is C12H21KO7S. The van der Waals surface area contributed by atoms with Gasteiger partial charge < -0.3 is 14.0 Å². The van der Waals surface area contributed by atoms with E-state index in [-0.39, 0.29) is 64.6 Å². The summed E-state index contributed by atoms with van der Waals surface area (Å²) in [5.41, 5.74) is 0. The van der Waals surface area contributed by atoms with Gasteiger partial charge in [0, 0.05) is 0 Å². The van der Waals surface area contributed by atoms with Gasteiger partial charge in [0.1, 0.15) is 10.1 Å². The van der Waals surface area contributed by atoms with Gasteiger partial charge in [-0.15, -0.1) is 0 Å². The van der Waals surface area contributed by atoms with Gasteiger partial charge in [0.15, 0.2) is 5.25 Å². The average molecular weight is 348 g/mol. The molecule has 0 radical (unpaired) electrons. The number of rotatable bonds is 10. The van der Waals surface area contributed by atoms with Crippen molar-refractivity contribution in [1.82, 2.24) is 0 Å². The smallest absolute Gasteiger partial charge is 0.747 e. The molecule has 9 heteroatoms. The molecule has 0 aliphatic heterocycles. The molecule has 0 aromatic heterocycles. The Morgan fingerprint density at radius 3 is 1.95 bits per heavy atom. The first-order chi connectivity index (χ1) is 9.32. The van der Waals surface area contributed by atoms with E-state index in [0.29, 0.717) is 12.8 Å². The Kier molecular flexibility index (Phi) is 14.7. The first kappa shape index (κ1) is 23.7. The molecule has 0 heterocycles. The Morgan fingerprint density at radius 1 is 1.05 bits per heavy atom. The van der Waals surface area contributed by atoms with Crippen LogP contribution in [0.4, 0.5) is 0 Å². The third-order valence-corrected chi connectivity index (χ3v) is 3.52. The normalized spacial score (nSPS) is 12.1. The molecule has 118 valence electrons. The van der Waals surface area contributed by atoms with Crippen molar-refractivity contribution in [3.63, 3.8) is 0 Å². The van der Waals surface area contributed by atoms with Crippen molar-refractivity contribution in [2.24, 2.45) is 0 Å². The Morgan fingerprint density at radius 2 is 1.52 bits per heavy atom. The molecular weight excluding hydrogens is 327 g/mol. The molecule has 7 nitrogen and oxygen atoms in total. The predicted molar refractivity (Wildman–Crippen MR) is 69.8 cm³/mol. The van der Waals surface area contributed by atoms with E-state index in [4.69, 9.17) is 4.74 Å². The molecule has 0 spiro atoms. The van der Waals surface area contributed by atoms with E-state index in [1.165, 1.54) is 0 Å². The second-order valence-corrected chi connectivity index (χ2v) is 5.84. The second kappa shape index (κ2) is 13.0. The Balaban J connectivity index is 0. The summed E-state index contributed by atoms with van der Waals surface area (Å²) in [7, 11) is -4.95. The Hall–Kier alpha value is 0.486. The third kappa shape index (κ3) is 11.7. The zero-order valence-corrected chi connectivity index (χ0v) is 16.7. The predicted octanol–water partition coefficient (Wildman–Crippen LogP) is -2.02. The standard InChI is InChI=1S/C12H22O7S.K/c1-3-5-7-18-11(13)9-10(20(15,16)17)12(14)19-8-6-4-2;/h10H,3-9H2,1-2H3,(H,15,16,17);/q;+1/p-1. The number of hydrogen-bond donors (Lipinski definition) is 0. The summed E-state index contributed by atoms with van der Waals surface area (Å²) in [5.74, 6) is -2.09. The second-order valence-electron chi connectivity index (χ2n) is 4.28. The maximum Gasteiger partial charge on any atom is 1.00 e. The van der Waals surface area contributed by atoms with Crippen LogP contribution < -0.4 is 51.4 Å². The minimum absolute atomic E-state index is 0. The maximum atomic E-state index is 11.5. The Labute approximate surface area is 168 Å². The van der Waals surface area contributed by atoms with E-state index >= 15 is 0 Å². The van der Waals surface area contributed by atoms with Gasteiger partial charge in [-0.3, -0.25) is 9.59 Å². The minimum Gasteiger partial charge on any atom is -0.747 e. The molecule has 0 aliphatic carbocycles. The molecule has 0 rings (SSSR count). The fourth-order valence-corrected chi connectivity index (χ4v) is 1.90. The van der Waals surface area contributed by atoms with Crippen LogP contribution in [0.3, 0.4) is 0 Å². The van der Waals surface area contributed by atoms with Gasteiger partial charge in [-0.2, -0.15) is 0 Å². The Bertz CT molecular complexity index is 408. The van der Waals surface area contributed by atoms with Crippen LogP contribution in [0.1, 0.15) is 46.0 Å². The van der Waals surface area contributed by atoms with Gasteiger partial charge in [-0.1, -0.05) is 26.7 Å². The van der Waals surface area contributed by atoms with Crippen LogP contribution in [0.5, 0.6) is 0 Å². The van der Waals surface area contributed by atoms with Crippen molar-refractivity contribution in [2.75, 3.05) is 13.2 Å². The van der Waals surface area contributed by atoms with Crippen molar-refractivity contribution in [3.8, 4) is 0 Å². The van der Waals surface area contributed by atoms with E-state index < -0.39 is 33.7 Å². The number of esters is 2. The number of unbranched alkanes of at least 4 members (excludes halogenated alkanes) is 2. The largest absolute Gasteiger partial charge is 1.00 e. The van der Waals surface area contributed by atoms with Crippen LogP contribution >= 0.6 is 0 Å². The van der Waals surface area contributed by atoms with Gasteiger partial charge >= 0.3 is 63.3 Å². The molecule has 0 fully saturated rings. The number of carbonyl (C=O) groups excluding carboxylic acids is 2. The molecule has 0 amide bonds. The van der Waals surface area contributed by atoms with E-state index in [2.05, 4.69) is 4.74 Å². The number of ether oxygens (including phenoxy) is 2. The van der Waals surface area contributed by atoms with Gasteiger partial charge in [0.25, 0.3) is 0 Å². The SMILES string of the molecule is CCCCOC(=O)CC(C(=O)OCCCC)S(=O)(=O)[O-].[K+]. The van der Waals surface area contributed by atoms with E-state index in [1.807, 2.05) is 13.8 Å². The monoisotopic (exact) mass is 348 g/mol. The van der Waals surface area contributed by atoms with Gasteiger partial charge in [0.05, 0.1) is 19.6 Å². The van der Waals surface area contributed by atoms with Crippen LogP contribution in [0.15, 0.2) is 0 Å². The molecule has 1 atom stereocenters. The first-order valence-electron chi connectivity index (χ1n) is 6.59. The summed E-state index contributed by atoms with van der Waals surface area (Å²) in [6.07, 6.45) is 1.93. The van der Waals surface area contributed by atoms with Gasteiger partial charge in [-0.25, -0.2) is 8.42 Å². The number of carbonyl (C=O) groups is 2. The molecule has 0 aliphatic rings. The van der Waals surface area contributed by atoms with Crippen molar-refractivity contribution >= 4 is 22.1 Å². The van der Waals surface area contributed by atoms with Crippen molar-refractivity contribution in [2.45, 2.75) is 51.2 Å². The maximum absolute atomic E-state index is 11.5. The molecule has 0 aromatic rings. The third-order valence-electron chi connectivity index (χ3n) is 2.47. The van der Waals surface area contributed by atoms with E-state index in [0.717, 1.165) is 12.8 Å². The van der Waals surface area contributed by atoms with Crippen LogP contribution in [0.25, 0.3) is 0 Å². The molecule has 0 bridgehead atoms. The molecule has 0 N–H and O–H groups in total. The zero-order valence-electron chi connectivity index (χ0n) is 12.8. The minimum atomic E-state index is -4.95. The van der Waals surface area contributed by atoms with Crippen LogP contribution in [0.2, 0.25) is 0 Å². The summed E-state index contributed by atoms with van der Waals surface area (Å²) in [5, 5.41) is -2.03. The fraction of sp³-hybridized carbons (Fsp3) is 0.833. The summed E-state index contributed by atoms with van der Waals surface area (Å²) in [6.45, 7) is 3.91. The van der Waals surface area contributed by atoms with E-state index in [9.17, 15) is 22.6 Å². The summed E-state index contributed by atoms with van der Waals surface area (Å²) < 4.78 is 42.4. The van der Waals surface area contributed by atoms with Crippen LogP contribution in [0, 0.1) is 0 Å². The molecule has 0 aromatic carbocycles. The zero-order chi connectivity index (χ0) is 15.6. The van der Waals surface area contributed by atoms with E-state index in [1.54, 1.807) is 0 Å². The summed E-state index contributed by atoms with van der Waals surface area (Å²) in [6, 6.07) is 0. The molecule has 0 saturated carbocycles. The van der Waals surface area contributed by atoms with Crippen molar-refractivity contribution < 1.29 is 83.4 Å². The summed E-state index contributed by atoms with van der Waals surface area (Å²) >= 11 is 0. The topological polar surface area (TPSA) is 110 Å².